The molecule has 7 heteroatoms. The quantitative estimate of drug-likeness (QED) is 0.703. The van der Waals surface area contributed by atoms with Gasteiger partial charge in [0.15, 0.2) is 0 Å². The monoisotopic (exact) mass is 308 g/mol. The molecule has 1 aromatic carbocycles. The second-order valence-corrected chi connectivity index (χ2v) is 6.42. The Hall–Kier alpha value is -1.75. The van der Waals surface area contributed by atoms with Crippen molar-refractivity contribution in [3.63, 3.8) is 0 Å². The molecule has 0 spiro atoms. The number of hydrogen-bond donors (Lipinski definition) is 3. The number of terminal acetylenes is 1. The van der Waals surface area contributed by atoms with Crippen LogP contribution in [0, 0.1) is 12.3 Å². The number of anilines is 2. The SMILES string of the molecule is C#CCN1CCC(Nc2cccc(NS(N)(=O)=O)c2)CC1. The number of benzene rings is 1. The first-order valence-electron chi connectivity index (χ1n) is 6.79. The number of nitrogens with two attached hydrogens (primary N) is 1. The molecule has 0 aromatic heterocycles. The minimum Gasteiger partial charge on any atom is -0.382 e. The van der Waals surface area contributed by atoms with E-state index in [9.17, 15) is 8.42 Å². The van der Waals surface area contributed by atoms with Crippen molar-refractivity contribution in [2.24, 2.45) is 5.14 Å². The van der Waals surface area contributed by atoms with Crippen LogP contribution in [0.25, 0.3) is 0 Å². The van der Waals surface area contributed by atoms with E-state index in [0.29, 0.717) is 18.3 Å². The van der Waals surface area contributed by atoms with E-state index >= 15 is 0 Å². The Balaban J connectivity index is 1.92. The summed E-state index contributed by atoms with van der Waals surface area (Å²) < 4.78 is 24.3. The molecule has 0 amide bonds. The van der Waals surface area contributed by atoms with E-state index in [1.807, 2.05) is 6.07 Å². The van der Waals surface area contributed by atoms with Gasteiger partial charge in [-0.05, 0) is 31.0 Å². The summed E-state index contributed by atoms with van der Waals surface area (Å²) in [5, 5.41) is 8.38. The van der Waals surface area contributed by atoms with Gasteiger partial charge in [-0.1, -0.05) is 12.0 Å². The van der Waals surface area contributed by atoms with Gasteiger partial charge in [0.05, 0.1) is 12.2 Å². The Morgan fingerprint density at radius 1 is 1.33 bits per heavy atom. The van der Waals surface area contributed by atoms with E-state index in [1.54, 1.807) is 18.2 Å². The maximum absolute atomic E-state index is 11.0. The molecule has 1 aromatic rings. The lowest BCUT2D eigenvalue weighted by Crippen LogP contribution is -2.39. The number of nitrogens with zero attached hydrogens (tertiary/aromatic N) is 1. The minimum atomic E-state index is -3.74. The zero-order chi connectivity index (χ0) is 15.3. The van der Waals surface area contributed by atoms with Crippen molar-refractivity contribution in [1.82, 2.24) is 4.90 Å². The fourth-order valence-corrected chi connectivity index (χ4v) is 2.89. The molecule has 6 nitrogen and oxygen atoms in total. The van der Waals surface area contributed by atoms with Gasteiger partial charge >= 0.3 is 0 Å². The van der Waals surface area contributed by atoms with Crippen molar-refractivity contribution in [1.29, 1.82) is 0 Å². The second kappa shape index (κ2) is 6.80. The zero-order valence-electron chi connectivity index (χ0n) is 11.7. The van der Waals surface area contributed by atoms with Gasteiger partial charge in [-0.25, -0.2) is 5.14 Å². The van der Waals surface area contributed by atoms with Crippen LogP contribution in [-0.4, -0.2) is 39.0 Å². The summed E-state index contributed by atoms with van der Waals surface area (Å²) in [6, 6.07) is 7.44. The predicted octanol–water partition coefficient (Wildman–Crippen LogP) is 0.812. The van der Waals surface area contributed by atoms with Gasteiger partial charge < -0.3 is 5.32 Å². The van der Waals surface area contributed by atoms with Crippen molar-refractivity contribution in [2.75, 3.05) is 29.7 Å². The van der Waals surface area contributed by atoms with Crippen LogP contribution in [0.15, 0.2) is 24.3 Å². The second-order valence-electron chi connectivity index (χ2n) is 5.13. The van der Waals surface area contributed by atoms with Crippen LogP contribution >= 0.6 is 0 Å². The first-order valence-corrected chi connectivity index (χ1v) is 8.34. The standard InChI is InChI=1S/C14H20N4O2S/c1-2-8-18-9-6-12(7-10-18)16-13-4-3-5-14(11-13)17-21(15,19)20/h1,3-5,11-12,16-17H,6-10H2,(H2,15,19,20). The van der Waals surface area contributed by atoms with Crippen LogP contribution in [0.4, 0.5) is 11.4 Å². The number of hydrogen-bond acceptors (Lipinski definition) is 4. The summed E-state index contributed by atoms with van der Waals surface area (Å²) in [7, 11) is -3.74. The summed E-state index contributed by atoms with van der Waals surface area (Å²) >= 11 is 0. The number of piperidine rings is 1. The molecule has 114 valence electrons. The number of rotatable bonds is 5. The van der Waals surface area contributed by atoms with Crippen LogP contribution in [-0.2, 0) is 10.2 Å². The number of nitrogens with one attached hydrogen (secondary N) is 2. The van der Waals surface area contributed by atoms with Crippen molar-refractivity contribution < 1.29 is 8.42 Å². The van der Waals surface area contributed by atoms with Gasteiger partial charge in [-0.15, -0.1) is 6.42 Å². The topological polar surface area (TPSA) is 87.5 Å². The maximum Gasteiger partial charge on any atom is 0.296 e. The van der Waals surface area contributed by atoms with Crippen LogP contribution in [0.5, 0.6) is 0 Å². The van der Waals surface area contributed by atoms with Gasteiger partial charge in [0, 0.05) is 24.8 Å². The van der Waals surface area contributed by atoms with Crippen LogP contribution in [0.1, 0.15) is 12.8 Å². The van der Waals surface area contributed by atoms with E-state index in [0.717, 1.165) is 31.6 Å². The highest BCUT2D eigenvalue weighted by Crippen LogP contribution is 2.20. The lowest BCUT2D eigenvalue weighted by atomic mass is 10.0. The van der Waals surface area contributed by atoms with Crippen molar-refractivity contribution in [3.05, 3.63) is 24.3 Å². The average molecular weight is 308 g/mol. The Morgan fingerprint density at radius 3 is 2.62 bits per heavy atom. The summed E-state index contributed by atoms with van der Waals surface area (Å²) in [6.07, 6.45) is 7.33. The highest BCUT2D eigenvalue weighted by molar-refractivity contribution is 7.90. The highest BCUT2D eigenvalue weighted by atomic mass is 32.2. The summed E-state index contributed by atoms with van der Waals surface area (Å²) in [5.41, 5.74) is 1.33. The van der Waals surface area contributed by atoms with Crippen LogP contribution in [0.3, 0.4) is 0 Å². The summed E-state index contributed by atoms with van der Waals surface area (Å²) in [6.45, 7) is 2.63. The smallest absolute Gasteiger partial charge is 0.296 e. The van der Waals surface area contributed by atoms with Gasteiger partial charge in [0.2, 0.25) is 0 Å². The summed E-state index contributed by atoms with van der Waals surface area (Å²) in [5.74, 6) is 2.66. The lowest BCUT2D eigenvalue weighted by Gasteiger charge is -2.31. The molecule has 2 rings (SSSR count). The van der Waals surface area contributed by atoms with E-state index in [4.69, 9.17) is 11.6 Å². The van der Waals surface area contributed by atoms with Crippen LogP contribution < -0.4 is 15.2 Å². The zero-order valence-corrected chi connectivity index (χ0v) is 12.6. The van der Waals surface area contributed by atoms with Gasteiger partial charge in [0.1, 0.15) is 0 Å². The van der Waals surface area contributed by atoms with Crippen molar-refractivity contribution in [3.8, 4) is 12.3 Å². The highest BCUT2D eigenvalue weighted by Gasteiger charge is 2.18. The maximum atomic E-state index is 11.0. The molecule has 1 fully saturated rings. The van der Waals surface area contributed by atoms with Gasteiger partial charge in [0.25, 0.3) is 10.2 Å². The van der Waals surface area contributed by atoms with Gasteiger partial charge in [-0.2, -0.15) is 8.42 Å². The molecule has 4 N–H and O–H groups in total. The van der Waals surface area contributed by atoms with Crippen molar-refractivity contribution >= 4 is 21.6 Å². The molecule has 1 aliphatic rings. The Labute approximate surface area is 125 Å². The largest absolute Gasteiger partial charge is 0.382 e. The van der Waals surface area contributed by atoms with Crippen LogP contribution in [0.2, 0.25) is 0 Å². The molecular weight excluding hydrogens is 288 g/mol. The Bertz CT molecular complexity index is 616. The molecule has 0 bridgehead atoms. The van der Waals surface area contributed by atoms with E-state index in [2.05, 4.69) is 20.9 Å². The predicted molar refractivity (Wildman–Crippen MR) is 85.1 cm³/mol. The van der Waals surface area contributed by atoms with E-state index in [-0.39, 0.29) is 0 Å². The molecular formula is C14H20N4O2S. The Morgan fingerprint density at radius 2 is 2.00 bits per heavy atom. The molecule has 0 radical (unpaired) electrons. The average Bonchev–Trinajstić information content (AvgIpc) is 2.40. The molecule has 21 heavy (non-hydrogen) atoms. The first kappa shape index (κ1) is 15.6. The Kier molecular flexibility index (Phi) is 5.07. The fourth-order valence-electron chi connectivity index (χ4n) is 2.44. The normalized spacial score (nSPS) is 17.1. The lowest BCUT2D eigenvalue weighted by molar-refractivity contribution is 0.243. The molecule has 0 aliphatic carbocycles. The molecule has 0 saturated carbocycles. The third-order valence-corrected chi connectivity index (χ3v) is 3.92. The number of likely N-dealkylation sites (tertiary alicyclic amines) is 1. The summed E-state index contributed by atoms with van der Waals surface area (Å²) in [4.78, 5) is 2.25. The molecule has 1 aliphatic heterocycles. The molecule has 0 atom stereocenters. The molecule has 1 heterocycles. The third kappa shape index (κ3) is 5.27. The minimum absolute atomic E-state index is 0.365. The third-order valence-electron chi connectivity index (χ3n) is 3.40. The van der Waals surface area contributed by atoms with E-state index < -0.39 is 10.2 Å². The molecule has 1 saturated heterocycles. The fraction of sp³-hybridized carbons (Fsp3) is 0.429. The first-order chi connectivity index (χ1) is 9.96. The van der Waals surface area contributed by atoms with E-state index in [1.165, 1.54) is 0 Å². The molecule has 0 unspecified atom stereocenters. The van der Waals surface area contributed by atoms with Crippen molar-refractivity contribution in [2.45, 2.75) is 18.9 Å². The van der Waals surface area contributed by atoms with Gasteiger partial charge in [-0.3, -0.25) is 9.62 Å².